The summed E-state index contributed by atoms with van der Waals surface area (Å²) in [5.41, 5.74) is 4.55. The molecule has 2 aliphatic rings. The Kier molecular flexibility index (Phi) is 8.02. The number of hydrogen-bond donors (Lipinski definition) is 3. The van der Waals surface area contributed by atoms with Crippen molar-refractivity contribution in [1.82, 2.24) is 10.6 Å². The molecule has 0 saturated carbocycles. The number of carbonyl (C=O) groups excluding carboxylic acids is 2. The Morgan fingerprint density at radius 2 is 1.74 bits per heavy atom. The number of nitrogens with one attached hydrogen (secondary N) is 2. The minimum Gasteiger partial charge on any atom is -0.481 e. The summed E-state index contributed by atoms with van der Waals surface area (Å²) in [6.45, 7) is 2.54. The van der Waals surface area contributed by atoms with Gasteiger partial charge in [0.05, 0.1) is 18.6 Å². The lowest BCUT2D eigenvalue weighted by Crippen LogP contribution is -2.48. The van der Waals surface area contributed by atoms with E-state index in [2.05, 4.69) is 34.9 Å². The molecule has 0 bridgehead atoms. The van der Waals surface area contributed by atoms with Gasteiger partial charge < -0.3 is 25.2 Å². The summed E-state index contributed by atoms with van der Waals surface area (Å²) >= 11 is 0. The molecule has 1 aliphatic carbocycles. The molecule has 0 radical (unpaired) electrons. The molecule has 0 aromatic heterocycles. The van der Waals surface area contributed by atoms with E-state index in [0.29, 0.717) is 12.8 Å². The molecule has 2 amide bonds. The molecule has 8 nitrogen and oxygen atoms in total. The van der Waals surface area contributed by atoms with Crippen LogP contribution in [0.1, 0.15) is 49.7 Å². The number of aliphatic carboxylic acids is 1. The van der Waals surface area contributed by atoms with Crippen molar-refractivity contribution >= 4 is 18.0 Å². The van der Waals surface area contributed by atoms with Gasteiger partial charge in [-0.3, -0.25) is 9.59 Å². The number of benzene rings is 2. The molecule has 1 fully saturated rings. The highest BCUT2D eigenvalue weighted by molar-refractivity contribution is 5.85. The van der Waals surface area contributed by atoms with Gasteiger partial charge in [0.25, 0.3) is 0 Å². The third kappa shape index (κ3) is 5.82. The van der Waals surface area contributed by atoms with E-state index >= 15 is 0 Å². The minimum absolute atomic E-state index is 0.0576. The predicted molar refractivity (Wildman–Crippen MR) is 130 cm³/mol. The first kappa shape index (κ1) is 24.7. The average Bonchev–Trinajstić information content (AvgIpc) is 3.47. The van der Waals surface area contributed by atoms with Gasteiger partial charge in [-0.2, -0.15) is 0 Å². The second-order valence-electron chi connectivity index (χ2n) is 9.14. The maximum atomic E-state index is 12.8. The molecule has 8 heteroatoms. The van der Waals surface area contributed by atoms with Gasteiger partial charge in [0.2, 0.25) is 5.91 Å². The van der Waals surface area contributed by atoms with Gasteiger partial charge in [0.15, 0.2) is 0 Å². The van der Waals surface area contributed by atoms with E-state index in [9.17, 15) is 14.4 Å². The number of ether oxygens (including phenoxy) is 2. The van der Waals surface area contributed by atoms with Crippen LogP contribution in [0, 0.1) is 5.92 Å². The first-order valence-corrected chi connectivity index (χ1v) is 12.2. The van der Waals surface area contributed by atoms with Crippen molar-refractivity contribution in [3.63, 3.8) is 0 Å². The Balaban J connectivity index is 1.32. The molecular weight excluding hydrogens is 448 g/mol. The molecule has 2 aromatic carbocycles. The first-order valence-electron chi connectivity index (χ1n) is 12.2. The number of alkyl carbamates (subject to hydrolysis) is 1. The molecule has 3 N–H and O–H groups in total. The zero-order chi connectivity index (χ0) is 24.8. The van der Waals surface area contributed by atoms with Crippen molar-refractivity contribution in [2.75, 3.05) is 19.8 Å². The summed E-state index contributed by atoms with van der Waals surface area (Å²) in [6, 6.07) is 15.5. The minimum atomic E-state index is -0.892. The van der Waals surface area contributed by atoms with Crippen LogP contribution < -0.4 is 10.6 Å². The van der Waals surface area contributed by atoms with Crippen LogP contribution in [0.2, 0.25) is 0 Å². The second kappa shape index (κ2) is 11.4. The van der Waals surface area contributed by atoms with Crippen LogP contribution in [0.5, 0.6) is 0 Å². The van der Waals surface area contributed by atoms with Crippen LogP contribution >= 0.6 is 0 Å². The highest BCUT2D eigenvalue weighted by Crippen LogP contribution is 2.44. The lowest BCUT2D eigenvalue weighted by atomic mass is 9.98. The summed E-state index contributed by atoms with van der Waals surface area (Å²) < 4.78 is 11.1. The lowest BCUT2D eigenvalue weighted by Gasteiger charge is -2.20. The summed E-state index contributed by atoms with van der Waals surface area (Å²) in [5.74, 6) is -1.82. The van der Waals surface area contributed by atoms with Crippen LogP contribution in [0.25, 0.3) is 11.1 Å². The topological polar surface area (TPSA) is 114 Å². The monoisotopic (exact) mass is 480 g/mol. The Bertz CT molecular complexity index is 1030. The molecule has 4 rings (SSSR count). The average molecular weight is 481 g/mol. The lowest BCUT2D eigenvalue weighted by molar-refractivity contribution is -0.141. The summed E-state index contributed by atoms with van der Waals surface area (Å²) in [4.78, 5) is 36.6. The largest absolute Gasteiger partial charge is 0.481 e. The van der Waals surface area contributed by atoms with E-state index in [1.807, 2.05) is 31.2 Å². The fourth-order valence-electron chi connectivity index (χ4n) is 4.82. The van der Waals surface area contributed by atoms with Gasteiger partial charge in [-0.05, 0) is 35.1 Å². The first-order chi connectivity index (χ1) is 17.0. The quantitative estimate of drug-likeness (QED) is 0.478. The Morgan fingerprint density at radius 3 is 2.34 bits per heavy atom. The van der Waals surface area contributed by atoms with Crippen LogP contribution in [0.3, 0.4) is 0 Å². The summed E-state index contributed by atoms with van der Waals surface area (Å²) in [5, 5.41) is 14.6. The highest BCUT2D eigenvalue weighted by Gasteiger charge is 2.32. The molecule has 2 unspecified atom stereocenters. The van der Waals surface area contributed by atoms with E-state index < -0.39 is 24.0 Å². The van der Waals surface area contributed by atoms with Gasteiger partial charge in [0.1, 0.15) is 12.6 Å². The number of hydrogen-bond acceptors (Lipinski definition) is 5. The molecule has 35 heavy (non-hydrogen) atoms. The molecule has 1 saturated heterocycles. The molecular formula is C27H32N2O6. The van der Waals surface area contributed by atoms with E-state index in [1.54, 1.807) is 0 Å². The van der Waals surface area contributed by atoms with E-state index in [0.717, 1.165) is 35.1 Å². The van der Waals surface area contributed by atoms with Gasteiger partial charge in [-0.1, -0.05) is 68.3 Å². The van der Waals surface area contributed by atoms with E-state index in [1.165, 1.54) is 0 Å². The number of carboxylic acid groups (broad SMARTS) is 1. The SMILES string of the molecule is CCCC[C@H](NC(=O)OCC1c2ccccc2-c2ccccc21)C(=O)NCC1CC(C(=O)O)CO1. The van der Waals surface area contributed by atoms with Gasteiger partial charge in [0, 0.05) is 12.5 Å². The molecule has 1 heterocycles. The van der Waals surface area contributed by atoms with E-state index in [-0.39, 0.29) is 37.7 Å². The van der Waals surface area contributed by atoms with Crippen LogP contribution in [0.4, 0.5) is 4.79 Å². The van der Waals surface area contributed by atoms with Crippen molar-refractivity contribution in [1.29, 1.82) is 0 Å². The second-order valence-corrected chi connectivity index (χ2v) is 9.14. The third-order valence-corrected chi connectivity index (χ3v) is 6.73. The zero-order valence-corrected chi connectivity index (χ0v) is 19.9. The molecule has 3 atom stereocenters. The smallest absolute Gasteiger partial charge is 0.407 e. The van der Waals surface area contributed by atoms with Gasteiger partial charge in [-0.15, -0.1) is 0 Å². The zero-order valence-electron chi connectivity index (χ0n) is 19.9. The fraction of sp³-hybridized carbons (Fsp3) is 0.444. The molecule has 2 aromatic rings. The normalized spacial score (nSPS) is 19.5. The number of rotatable bonds is 10. The third-order valence-electron chi connectivity index (χ3n) is 6.73. The summed E-state index contributed by atoms with van der Waals surface area (Å²) in [6.07, 6.45) is 1.50. The van der Waals surface area contributed by atoms with E-state index in [4.69, 9.17) is 14.6 Å². The Labute approximate surface area is 205 Å². The number of carboxylic acids is 1. The highest BCUT2D eigenvalue weighted by atomic mass is 16.5. The van der Waals surface area contributed by atoms with Crippen molar-refractivity contribution in [3.05, 3.63) is 59.7 Å². The van der Waals surface area contributed by atoms with Crippen LogP contribution in [0.15, 0.2) is 48.5 Å². The Morgan fingerprint density at radius 1 is 1.09 bits per heavy atom. The van der Waals surface area contributed by atoms with Crippen molar-refractivity contribution in [3.8, 4) is 11.1 Å². The van der Waals surface area contributed by atoms with Crippen LogP contribution in [-0.4, -0.2) is 55.0 Å². The number of amides is 2. The Hall–Kier alpha value is -3.39. The number of unbranched alkanes of at least 4 members (excludes halogenated alkanes) is 1. The van der Waals surface area contributed by atoms with Gasteiger partial charge in [-0.25, -0.2) is 4.79 Å². The molecule has 0 spiro atoms. The standard InChI is InChI=1S/C27H32N2O6/c1-2-3-12-24(25(30)28-14-18-13-17(15-34-18)26(31)32)29-27(33)35-16-23-21-10-6-4-8-19(21)20-9-5-7-11-22(20)23/h4-11,17-18,23-24H,2-3,12-16H2,1H3,(H,28,30)(H,29,33)(H,31,32)/t17?,18?,24-/m0/s1. The van der Waals surface area contributed by atoms with Gasteiger partial charge >= 0.3 is 12.1 Å². The number of fused-ring (bicyclic) bond motifs is 3. The molecule has 186 valence electrons. The van der Waals surface area contributed by atoms with Crippen molar-refractivity contribution in [2.45, 2.75) is 50.7 Å². The van der Waals surface area contributed by atoms with Crippen molar-refractivity contribution in [2.24, 2.45) is 5.92 Å². The maximum absolute atomic E-state index is 12.8. The number of carbonyl (C=O) groups is 3. The fourth-order valence-corrected chi connectivity index (χ4v) is 4.82. The maximum Gasteiger partial charge on any atom is 0.407 e. The molecule has 1 aliphatic heterocycles. The summed E-state index contributed by atoms with van der Waals surface area (Å²) in [7, 11) is 0. The predicted octanol–water partition coefficient (Wildman–Crippen LogP) is 3.69. The van der Waals surface area contributed by atoms with Crippen molar-refractivity contribution < 1.29 is 29.0 Å². The van der Waals surface area contributed by atoms with Crippen LogP contribution in [-0.2, 0) is 19.1 Å².